The third kappa shape index (κ3) is 4.08. The molecule has 1 saturated carbocycles. The summed E-state index contributed by atoms with van der Waals surface area (Å²) >= 11 is 0. The summed E-state index contributed by atoms with van der Waals surface area (Å²) in [6.07, 6.45) is 10.3. The zero-order valence-corrected chi connectivity index (χ0v) is 17.5. The average Bonchev–Trinajstić information content (AvgIpc) is 3.23. The molecule has 7 nitrogen and oxygen atoms in total. The van der Waals surface area contributed by atoms with Gasteiger partial charge in [0, 0.05) is 29.9 Å². The summed E-state index contributed by atoms with van der Waals surface area (Å²) in [6, 6.07) is 8.58. The van der Waals surface area contributed by atoms with Crippen LogP contribution in [0.3, 0.4) is 0 Å². The Labute approximate surface area is 178 Å². The molecule has 0 spiro atoms. The molecular weight excluding hydrogens is 376 g/mol. The number of carbonyl (C=O) groups is 1. The van der Waals surface area contributed by atoms with Gasteiger partial charge in [-0.15, -0.1) is 5.10 Å². The Balaban J connectivity index is 1.20. The lowest BCUT2D eigenvalue weighted by atomic mass is 9.75. The van der Waals surface area contributed by atoms with Crippen molar-refractivity contribution < 1.29 is 4.79 Å². The Morgan fingerprint density at radius 3 is 2.83 bits per heavy atom. The van der Waals surface area contributed by atoms with E-state index in [1.807, 2.05) is 35.1 Å². The molecule has 0 radical (unpaired) electrons. The first-order valence-corrected chi connectivity index (χ1v) is 11.5. The van der Waals surface area contributed by atoms with Crippen LogP contribution in [0, 0.1) is 11.8 Å². The maximum atomic E-state index is 12.9. The van der Waals surface area contributed by atoms with Crippen molar-refractivity contribution in [2.75, 3.05) is 18.8 Å². The van der Waals surface area contributed by atoms with E-state index >= 15 is 0 Å². The first-order valence-electron chi connectivity index (χ1n) is 11.5. The number of anilines is 1. The third-order valence-electron chi connectivity index (χ3n) is 7.29. The molecule has 160 valence electrons. The maximum Gasteiger partial charge on any atom is 0.224 e. The van der Waals surface area contributed by atoms with E-state index in [0.29, 0.717) is 23.9 Å². The number of carbonyl (C=O) groups excluding carboxylic acids is 1. The topological polar surface area (TPSA) is 89.1 Å². The number of amides is 1. The number of rotatable bonds is 5. The van der Waals surface area contributed by atoms with E-state index in [1.54, 1.807) is 0 Å². The minimum atomic E-state index is 0.149. The van der Waals surface area contributed by atoms with Crippen LogP contribution >= 0.6 is 0 Å². The molecule has 1 aliphatic carbocycles. The zero-order valence-electron chi connectivity index (χ0n) is 17.5. The normalized spacial score (nSPS) is 29.1. The van der Waals surface area contributed by atoms with Crippen LogP contribution in [0.1, 0.15) is 44.9 Å². The lowest BCUT2D eigenvalue weighted by Crippen LogP contribution is -2.58. The molecule has 1 aromatic carbocycles. The highest BCUT2D eigenvalue weighted by molar-refractivity contribution is 5.79. The zero-order chi connectivity index (χ0) is 20.5. The highest BCUT2D eigenvalue weighted by atomic mass is 16.2. The predicted octanol–water partition coefficient (Wildman–Crippen LogP) is 2.69. The van der Waals surface area contributed by atoms with Gasteiger partial charge >= 0.3 is 0 Å². The van der Waals surface area contributed by atoms with Crippen LogP contribution in [-0.2, 0) is 11.3 Å². The summed E-state index contributed by atoms with van der Waals surface area (Å²) in [5.41, 5.74) is 8.47. The smallest absolute Gasteiger partial charge is 0.224 e. The highest BCUT2D eigenvalue weighted by Gasteiger charge is 2.43. The standard InChI is InChI=1S/C23H32N6O/c24-18-6-4-5-17(11-18)22-15-29(27-26-22)13-20-12-16-9-10-28(20)14-21(16)23(30)25-19-7-2-1-3-8-19/h4-6,11,15-16,19-21H,1-3,7-10,12-14,24H2,(H,25,30). The summed E-state index contributed by atoms with van der Waals surface area (Å²) in [7, 11) is 0. The molecule has 1 amide bonds. The number of nitrogens with two attached hydrogens (primary N) is 1. The van der Waals surface area contributed by atoms with E-state index in [9.17, 15) is 4.79 Å². The fourth-order valence-corrected chi connectivity index (χ4v) is 5.61. The monoisotopic (exact) mass is 408 g/mol. The fraction of sp³-hybridized carbons (Fsp3) is 0.609. The summed E-state index contributed by atoms with van der Waals surface area (Å²) in [6.45, 7) is 2.78. The molecule has 30 heavy (non-hydrogen) atoms. The van der Waals surface area contributed by atoms with Crippen LogP contribution in [-0.4, -0.2) is 51.0 Å². The molecule has 3 N–H and O–H groups in total. The number of hydrogen-bond acceptors (Lipinski definition) is 5. The molecule has 4 fully saturated rings. The second-order valence-electron chi connectivity index (χ2n) is 9.33. The van der Waals surface area contributed by atoms with Gasteiger partial charge in [0.2, 0.25) is 5.91 Å². The lowest BCUT2D eigenvalue weighted by Gasteiger charge is -2.49. The summed E-state index contributed by atoms with van der Waals surface area (Å²) in [4.78, 5) is 15.4. The van der Waals surface area contributed by atoms with Gasteiger partial charge < -0.3 is 11.1 Å². The molecule has 7 heteroatoms. The molecular formula is C23H32N6O. The number of nitrogen functional groups attached to an aromatic ring is 1. The Morgan fingerprint density at radius 2 is 2.07 bits per heavy atom. The fourth-order valence-electron chi connectivity index (χ4n) is 5.61. The van der Waals surface area contributed by atoms with Gasteiger partial charge in [-0.2, -0.15) is 0 Å². The number of piperidine rings is 3. The first kappa shape index (κ1) is 19.5. The summed E-state index contributed by atoms with van der Waals surface area (Å²) < 4.78 is 1.95. The summed E-state index contributed by atoms with van der Waals surface area (Å²) in [5, 5.41) is 12.1. The van der Waals surface area contributed by atoms with Crippen LogP contribution < -0.4 is 11.1 Å². The number of fused-ring (bicyclic) bond motifs is 3. The Hall–Kier alpha value is -2.41. The molecule has 4 aliphatic rings. The SMILES string of the molecule is Nc1cccc(-c2cn(CC3CC4CCN3CC4C(=O)NC3CCCCC3)nn2)c1. The predicted molar refractivity (Wildman–Crippen MR) is 116 cm³/mol. The van der Waals surface area contributed by atoms with E-state index in [1.165, 1.54) is 19.3 Å². The maximum absolute atomic E-state index is 12.9. The van der Waals surface area contributed by atoms with Gasteiger partial charge in [0.05, 0.1) is 18.7 Å². The highest BCUT2D eigenvalue weighted by Crippen LogP contribution is 2.37. The Morgan fingerprint density at radius 1 is 1.20 bits per heavy atom. The van der Waals surface area contributed by atoms with Gasteiger partial charge in [0.15, 0.2) is 0 Å². The molecule has 3 aliphatic heterocycles. The van der Waals surface area contributed by atoms with Gasteiger partial charge in [0.1, 0.15) is 5.69 Å². The average molecular weight is 409 g/mol. The van der Waals surface area contributed by atoms with Crippen molar-refractivity contribution in [2.24, 2.45) is 11.8 Å². The molecule has 2 bridgehead atoms. The van der Waals surface area contributed by atoms with Crippen molar-refractivity contribution in [1.82, 2.24) is 25.2 Å². The molecule has 4 unspecified atom stereocenters. The van der Waals surface area contributed by atoms with Gasteiger partial charge in [-0.3, -0.25) is 14.4 Å². The first-order chi connectivity index (χ1) is 14.7. The molecule has 2 aromatic rings. The second kappa shape index (κ2) is 8.38. The third-order valence-corrected chi connectivity index (χ3v) is 7.29. The largest absolute Gasteiger partial charge is 0.399 e. The van der Waals surface area contributed by atoms with E-state index < -0.39 is 0 Å². The minimum absolute atomic E-state index is 0.149. The quantitative estimate of drug-likeness (QED) is 0.743. The van der Waals surface area contributed by atoms with E-state index in [4.69, 9.17) is 5.73 Å². The van der Waals surface area contributed by atoms with Crippen LogP contribution in [0.25, 0.3) is 11.3 Å². The van der Waals surface area contributed by atoms with Crippen LogP contribution in [0.2, 0.25) is 0 Å². The van der Waals surface area contributed by atoms with E-state index in [0.717, 1.165) is 62.3 Å². The molecule has 1 aromatic heterocycles. The van der Waals surface area contributed by atoms with Crippen molar-refractivity contribution in [1.29, 1.82) is 0 Å². The molecule has 4 atom stereocenters. The molecule has 4 heterocycles. The number of nitrogens with one attached hydrogen (secondary N) is 1. The number of nitrogens with zero attached hydrogens (tertiary/aromatic N) is 4. The van der Waals surface area contributed by atoms with Crippen molar-refractivity contribution in [2.45, 2.75) is 63.6 Å². The van der Waals surface area contributed by atoms with Crippen molar-refractivity contribution in [3.63, 3.8) is 0 Å². The van der Waals surface area contributed by atoms with Gasteiger partial charge in [-0.25, -0.2) is 0 Å². The Kier molecular flexibility index (Phi) is 5.46. The van der Waals surface area contributed by atoms with Gasteiger partial charge in [0.25, 0.3) is 0 Å². The van der Waals surface area contributed by atoms with Crippen LogP contribution in [0.15, 0.2) is 30.5 Å². The van der Waals surface area contributed by atoms with Gasteiger partial charge in [-0.05, 0) is 50.3 Å². The number of benzene rings is 1. The molecule has 3 saturated heterocycles. The minimum Gasteiger partial charge on any atom is -0.399 e. The number of hydrogen-bond donors (Lipinski definition) is 2. The van der Waals surface area contributed by atoms with E-state index in [-0.39, 0.29) is 5.92 Å². The second-order valence-corrected chi connectivity index (χ2v) is 9.33. The van der Waals surface area contributed by atoms with Crippen LogP contribution in [0.4, 0.5) is 5.69 Å². The van der Waals surface area contributed by atoms with Crippen molar-refractivity contribution in [3.05, 3.63) is 30.5 Å². The van der Waals surface area contributed by atoms with Crippen molar-refractivity contribution in [3.8, 4) is 11.3 Å². The molecule has 6 rings (SSSR count). The van der Waals surface area contributed by atoms with Crippen LogP contribution in [0.5, 0.6) is 0 Å². The van der Waals surface area contributed by atoms with E-state index in [2.05, 4.69) is 20.5 Å². The number of aromatic nitrogens is 3. The van der Waals surface area contributed by atoms with Gasteiger partial charge in [-0.1, -0.05) is 36.6 Å². The Bertz CT molecular complexity index is 889. The summed E-state index contributed by atoms with van der Waals surface area (Å²) in [5.74, 6) is 0.927. The lowest BCUT2D eigenvalue weighted by molar-refractivity contribution is -0.134. The van der Waals surface area contributed by atoms with Crippen molar-refractivity contribution >= 4 is 11.6 Å².